The van der Waals surface area contributed by atoms with Gasteiger partial charge in [0.25, 0.3) is 0 Å². The Bertz CT molecular complexity index is 440. The van der Waals surface area contributed by atoms with E-state index in [0.29, 0.717) is 18.9 Å². The molecule has 5 nitrogen and oxygen atoms in total. The van der Waals surface area contributed by atoms with Gasteiger partial charge in [-0.1, -0.05) is 19.8 Å². The zero-order valence-electron chi connectivity index (χ0n) is 15.2. The number of likely N-dealkylation sites (tertiary alicyclic amines) is 2. The van der Waals surface area contributed by atoms with E-state index in [1.54, 1.807) is 4.90 Å². The summed E-state index contributed by atoms with van der Waals surface area (Å²) in [5.74, 6) is 1.15. The first kappa shape index (κ1) is 17.7. The minimum Gasteiger partial charge on any atom is -0.354 e. The summed E-state index contributed by atoms with van der Waals surface area (Å²) in [6, 6.07) is 0.110. The van der Waals surface area contributed by atoms with Crippen molar-refractivity contribution in [1.82, 2.24) is 10.2 Å². The number of quaternary nitrogens is 1. The minimum atomic E-state index is -0.205. The fraction of sp³-hybridized carbons (Fsp3) is 0.895. The lowest BCUT2D eigenvalue weighted by atomic mass is 9.99. The van der Waals surface area contributed by atoms with E-state index in [1.165, 1.54) is 38.8 Å². The molecule has 5 heteroatoms. The zero-order chi connectivity index (χ0) is 16.9. The standard InChI is InChI=1S/C19H33N3O2/c1-15-9-13-21(14-10-15)12-4-11-20-19(24)17-7-8-18(23)22(17)16-5-2-3-6-16/h15-17H,2-14H2,1H3,(H,20,24)/p+1. The Hall–Kier alpha value is -1.10. The van der Waals surface area contributed by atoms with Gasteiger partial charge < -0.3 is 15.1 Å². The second-order valence-corrected chi connectivity index (χ2v) is 8.12. The van der Waals surface area contributed by atoms with Crippen molar-refractivity contribution >= 4 is 11.8 Å². The van der Waals surface area contributed by atoms with Crippen molar-refractivity contribution in [3.05, 3.63) is 0 Å². The van der Waals surface area contributed by atoms with E-state index >= 15 is 0 Å². The van der Waals surface area contributed by atoms with Gasteiger partial charge in [0.1, 0.15) is 6.04 Å². The molecule has 0 aromatic rings. The Kier molecular flexibility index (Phi) is 6.14. The monoisotopic (exact) mass is 336 g/mol. The van der Waals surface area contributed by atoms with Gasteiger partial charge in [-0.15, -0.1) is 0 Å². The summed E-state index contributed by atoms with van der Waals surface area (Å²) in [5.41, 5.74) is 0. The molecule has 0 aromatic carbocycles. The van der Waals surface area contributed by atoms with Crippen molar-refractivity contribution in [2.45, 2.75) is 76.8 Å². The number of hydrogen-bond donors (Lipinski definition) is 2. The Morgan fingerprint density at radius 1 is 1.17 bits per heavy atom. The number of carbonyl (C=O) groups excluding carboxylic acids is 2. The molecule has 3 fully saturated rings. The number of carbonyl (C=O) groups is 2. The van der Waals surface area contributed by atoms with Crippen LogP contribution in [-0.2, 0) is 9.59 Å². The Morgan fingerprint density at radius 2 is 1.88 bits per heavy atom. The Morgan fingerprint density at radius 3 is 2.58 bits per heavy atom. The summed E-state index contributed by atoms with van der Waals surface area (Å²) >= 11 is 0. The van der Waals surface area contributed by atoms with Crippen molar-refractivity contribution in [3.8, 4) is 0 Å². The average Bonchev–Trinajstić information content (AvgIpc) is 3.22. The van der Waals surface area contributed by atoms with Gasteiger partial charge in [0.05, 0.1) is 19.6 Å². The number of nitrogens with zero attached hydrogens (tertiary/aromatic N) is 1. The van der Waals surface area contributed by atoms with E-state index in [2.05, 4.69) is 12.2 Å². The zero-order valence-corrected chi connectivity index (χ0v) is 15.2. The van der Waals surface area contributed by atoms with Gasteiger partial charge in [-0.3, -0.25) is 9.59 Å². The van der Waals surface area contributed by atoms with Crippen molar-refractivity contribution in [1.29, 1.82) is 0 Å². The molecule has 2 N–H and O–H groups in total. The summed E-state index contributed by atoms with van der Waals surface area (Å²) in [6.07, 6.45) is 9.50. The van der Waals surface area contributed by atoms with E-state index in [1.807, 2.05) is 4.90 Å². The molecule has 3 aliphatic rings. The van der Waals surface area contributed by atoms with Crippen LogP contribution < -0.4 is 10.2 Å². The molecule has 0 radical (unpaired) electrons. The average molecular weight is 337 g/mol. The molecule has 2 aliphatic heterocycles. The number of amides is 2. The highest BCUT2D eigenvalue weighted by molar-refractivity contribution is 5.91. The van der Waals surface area contributed by atoms with Crippen LogP contribution in [0.2, 0.25) is 0 Å². The van der Waals surface area contributed by atoms with Crippen LogP contribution in [0.5, 0.6) is 0 Å². The minimum absolute atomic E-state index is 0.0787. The molecule has 1 atom stereocenters. The van der Waals surface area contributed by atoms with Crippen LogP contribution in [0.1, 0.15) is 64.7 Å². The molecule has 0 aromatic heterocycles. The lowest BCUT2D eigenvalue weighted by Gasteiger charge is -2.30. The Labute approximate surface area is 146 Å². The molecule has 2 heterocycles. The number of rotatable bonds is 6. The molecule has 1 saturated carbocycles. The van der Waals surface area contributed by atoms with Gasteiger partial charge in [-0.2, -0.15) is 0 Å². The lowest BCUT2D eigenvalue weighted by molar-refractivity contribution is -0.906. The highest BCUT2D eigenvalue weighted by Crippen LogP contribution is 2.30. The largest absolute Gasteiger partial charge is 0.354 e. The van der Waals surface area contributed by atoms with E-state index in [4.69, 9.17) is 0 Å². The predicted molar refractivity (Wildman–Crippen MR) is 93.7 cm³/mol. The van der Waals surface area contributed by atoms with E-state index in [-0.39, 0.29) is 17.9 Å². The smallest absolute Gasteiger partial charge is 0.242 e. The first-order chi connectivity index (χ1) is 11.6. The lowest BCUT2D eigenvalue weighted by Crippen LogP contribution is -3.13. The van der Waals surface area contributed by atoms with E-state index < -0.39 is 0 Å². The molecule has 24 heavy (non-hydrogen) atoms. The molecular weight excluding hydrogens is 302 g/mol. The third-order valence-electron chi connectivity index (χ3n) is 6.26. The third kappa shape index (κ3) is 4.29. The third-order valence-corrected chi connectivity index (χ3v) is 6.26. The topological polar surface area (TPSA) is 53.9 Å². The molecule has 2 amide bonds. The predicted octanol–water partition coefficient (Wildman–Crippen LogP) is 0.741. The van der Waals surface area contributed by atoms with Gasteiger partial charge in [-0.25, -0.2) is 0 Å². The molecular formula is C19H34N3O2+. The van der Waals surface area contributed by atoms with Gasteiger partial charge in [0, 0.05) is 25.4 Å². The second-order valence-electron chi connectivity index (χ2n) is 8.12. The maximum Gasteiger partial charge on any atom is 0.242 e. The fourth-order valence-electron chi connectivity index (χ4n) is 4.69. The summed E-state index contributed by atoms with van der Waals surface area (Å²) in [7, 11) is 0. The Balaban J connectivity index is 1.39. The highest BCUT2D eigenvalue weighted by Gasteiger charge is 2.40. The van der Waals surface area contributed by atoms with Gasteiger partial charge >= 0.3 is 0 Å². The summed E-state index contributed by atoms with van der Waals surface area (Å²) in [4.78, 5) is 28.3. The molecule has 136 valence electrons. The van der Waals surface area contributed by atoms with Crippen LogP contribution in [0, 0.1) is 5.92 Å². The second kappa shape index (κ2) is 8.32. The van der Waals surface area contributed by atoms with Crippen LogP contribution in [0.3, 0.4) is 0 Å². The fourth-order valence-corrected chi connectivity index (χ4v) is 4.69. The molecule has 1 unspecified atom stereocenters. The maximum atomic E-state index is 12.5. The molecule has 0 bridgehead atoms. The van der Waals surface area contributed by atoms with E-state index in [0.717, 1.165) is 38.3 Å². The van der Waals surface area contributed by atoms with Crippen LogP contribution >= 0.6 is 0 Å². The van der Waals surface area contributed by atoms with Gasteiger partial charge in [0.2, 0.25) is 11.8 Å². The quantitative estimate of drug-likeness (QED) is 0.703. The summed E-state index contributed by atoms with van der Waals surface area (Å²) in [6.45, 7) is 6.81. The van der Waals surface area contributed by atoms with Crippen molar-refractivity contribution in [3.63, 3.8) is 0 Å². The van der Waals surface area contributed by atoms with Crippen molar-refractivity contribution < 1.29 is 14.5 Å². The first-order valence-electron chi connectivity index (χ1n) is 10.1. The number of piperidine rings is 1. The maximum absolute atomic E-state index is 12.5. The van der Waals surface area contributed by atoms with Crippen LogP contribution in [0.25, 0.3) is 0 Å². The van der Waals surface area contributed by atoms with Crippen molar-refractivity contribution in [2.24, 2.45) is 5.92 Å². The molecule has 3 rings (SSSR count). The molecule has 2 saturated heterocycles. The van der Waals surface area contributed by atoms with Crippen LogP contribution in [0.15, 0.2) is 0 Å². The van der Waals surface area contributed by atoms with Crippen LogP contribution in [-0.4, -0.2) is 55.0 Å². The SMILES string of the molecule is CC1CC[NH+](CCCNC(=O)C2CCC(=O)N2C2CCCC2)CC1. The summed E-state index contributed by atoms with van der Waals surface area (Å²) in [5, 5.41) is 3.10. The molecule has 0 spiro atoms. The van der Waals surface area contributed by atoms with Crippen LogP contribution in [0.4, 0.5) is 0 Å². The van der Waals surface area contributed by atoms with Gasteiger partial charge in [-0.05, 0) is 38.0 Å². The highest BCUT2D eigenvalue weighted by atomic mass is 16.2. The number of nitrogens with one attached hydrogen (secondary N) is 2. The van der Waals surface area contributed by atoms with Crippen molar-refractivity contribution in [2.75, 3.05) is 26.2 Å². The number of hydrogen-bond acceptors (Lipinski definition) is 2. The molecule has 1 aliphatic carbocycles. The van der Waals surface area contributed by atoms with Gasteiger partial charge in [0.15, 0.2) is 0 Å². The first-order valence-corrected chi connectivity index (χ1v) is 10.1. The summed E-state index contributed by atoms with van der Waals surface area (Å²) < 4.78 is 0. The normalized spacial score (nSPS) is 31.6. The van der Waals surface area contributed by atoms with E-state index in [9.17, 15) is 9.59 Å².